The number of likely N-dealkylation sites (N-methyl/N-ethyl adjacent to an activating group) is 1. The van der Waals surface area contributed by atoms with Crippen LogP contribution in [0.4, 0.5) is 27.6 Å². The van der Waals surface area contributed by atoms with E-state index in [9.17, 15) is 32.0 Å². The highest BCUT2D eigenvalue weighted by Crippen LogP contribution is 2.37. The minimum Gasteiger partial charge on any atom is -0.355 e. The first kappa shape index (κ1) is 26.1. The Kier molecular flexibility index (Phi) is 7.73. The van der Waals surface area contributed by atoms with Crippen LogP contribution < -0.4 is 4.90 Å². The van der Waals surface area contributed by atoms with Gasteiger partial charge in [-0.3, -0.25) is 4.79 Å². The third-order valence-electron chi connectivity index (χ3n) is 5.25. The largest absolute Gasteiger partial charge is 0.416 e. The molecule has 0 radical (unpaired) electrons. The molecule has 0 aliphatic heterocycles. The molecule has 178 valence electrons. The van der Waals surface area contributed by atoms with E-state index in [1.54, 1.807) is 19.9 Å². The quantitative estimate of drug-likeness (QED) is 0.483. The van der Waals surface area contributed by atoms with Gasteiger partial charge in [0.05, 0.1) is 17.2 Å². The van der Waals surface area contributed by atoms with Gasteiger partial charge in [0.1, 0.15) is 6.04 Å². The molecule has 9 heteroatoms. The maximum absolute atomic E-state index is 14.2. The molecule has 1 amide bonds. The molecular formula is C24H26F5N3O. The lowest BCUT2D eigenvalue weighted by atomic mass is 9.96. The minimum atomic E-state index is -4.63. The van der Waals surface area contributed by atoms with Crippen molar-refractivity contribution in [3.63, 3.8) is 0 Å². The molecule has 2 rings (SSSR count). The van der Waals surface area contributed by atoms with Gasteiger partial charge >= 0.3 is 6.18 Å². The van der Waals surface area contributed by atoms with E-state index in [0.29, 0.717) is 6.92 Å². The monoisotopic (exact) mass is 467 g/mol. The number of anilines is 1. The molecule has 33 heavy (non-hydrogen) atoms. The summed E-state index contributed by atoms with van der Waals surface area (Å²) < 4.78 is 69.4. The van der Waals surface area contributed by atoms with E-state index in [0.717, 1.165) is 12.1 Å². The Morgan fingerprint density at radius 3 is 2.12 bits per heavy atom. The van der Waals surface area contributed by atoms with Crippen LogP contribution in [-0.2, 0) is 23.4 Å². The average molecular weight is 467 g/mol. The van der Waals surface area contributed by atoms with E-state index in [2.05, 4.69) is 0 Å². The molecule has 1 atom stereocenters. The lowest BCUT2D eigenvalue weighted by molar-refractivity contribution is -0.138. The minimum absolute atomic E-state index is 0.101. The summed E-state index contributed by atoms with van der Waals surface area (Å²) in [5.41, 5.74) is -1.66. The zero-order valence-corrected chi connectivity index (χ0v) is 19.0. The van der Waals surface area contributed by atoms with Gasteiger partial charge in [0.15, 0.2) is 0 Å². The Balaban J connectivity index is 2.75. The van der Waals surface area contributed by atoms with Crippen LogP contribution in [0, 0.1) is 17.2 Å². The molecule has 0 aromatic heterocycles. The van der Waals surface area contributed by atoms with E-state index in [1.165, 1.54) is 54.2 Å². The summed E-state index contributed by atoms with van der Waals surface area (Å²) in [5, 5.41) is 9.25. The smallest absolute Gasteiger partial charge is 0.355 e. The van der Waals surface area contributed by atoms with Crippen LogP contribution in [0.25, 0.3) is 0 Å². The molecule has 2 aromatic carbocycles. The fraction of sp³-hybridized carbons (Fsp3) is 0.417. The molecule has 0 aliphatic carbocycles. The van der Waals surface area contributed by atoms with Crippen LogP contribution in [0.1, 0.15) is 43.0 Å². The fourth-order valence-electron chi connectivity index (χ4n) is 3.68. The standard InChI is InChI=1S/C24H26F5N3O/c1-15(2)21(22(33)31(4)5)32(14-17-8-6-7-9-19(17)24(27,28)29)18-11-10-16(13-30)20(12-18)23(3,25)26/h6-12,15,21H,14H2,1-5H3/t21-/m0/s1. The second-order valence-corrected chi connectivity index (χ2v) is 8.43. The van der Waals surface area contributed by atoms with Gasteiger partial charge in [-0.15, -0.1) is 0 Å². The number of amides is 1. The predicted molar refractivity (Wildman–Crippen MR) is 116 cm³/mol. The molecule has 0 saturated carbocycles. The first-order valence-electron chi connectivity index (χ1n) is 10.2. The highest BCUT2D eigenvalue weighted by atomic mass is 19.4. The van der Waals surface area contributed by atoms with Crippen LogP contribution in [0.3, 0.4) is 0 Å². The van der Waals surface area contributed by atoms with Gasteiger partial charge in [-0.25, -0.2) is 8.78 Å². The molecule has 0 spiro atoms. The van der Waals surface area contributed by atoms with Gasteiger partial charge < -0.3 is 9.80 Å². The van der Waals surface area contributed by atoms with E-state index in [1.807, 2.05) is 0 Å². The Labute approximate surface area is 190 Å². The molecule has 0 bridgehead atoms. The van der Waals surface area contributed by atoms with Crippen LogP contribution >= 0.6 is 0 Å². The zero-order chi connectivity index (χ0) is 25.1. The van der Waals surface area contributed by atoms with Crippen molar-refractivity contribution in [3.05, 3.63) is 64.7 Å². The summed E-state index contributed by atoms with van der Waals surface area (Å²) in [6.45, 7) is 3.75. The van der Waals surface area contributed by atoms with Gasteiger partial charge in [-0.05, 0) is 35.7 Å². The molecule has 2 aromatic rings. The topological polar surface area (TPSA) is 47.3 Å². The number of nitrogens with zero attached hydrogens (tertiary/aromatic N) is 3. The first-order chi connectivity index (χ1) is 15.2. The van der Waals surface area contributed by atoms with Gasteiger partial charge in [0, 0.05) is 38.8 Å². The van der Waals surface area contributed by atoms with Crippen molar-refractivity contribution in [2.45, 2.75) is 45.5 Å². The molecular weight excluding hydrogens is 441 g/mol. The van der Waals surface area contributed by atoms with E-state index >= 15 is 0 Å². The summed E-state index contributed by atoms with van der Waals surface area (Å²) in [4.78, 5) is 15.7. The number of carbonyl (C=O) groups is 1. The zero-order valence-electron chi connectivity index (χ0n) is 19.0. The Hall–Kier alpha value is -3.15. The second-order valence-electron chi connectivity index (χ2n) is 8.43. The number of benzene rings is 2. The Morgan fingerprint density at radius 1 is 1.03 bits per heavy atom. The lowest BCUT2D eigenvalue weighted by Crippen LogP contribution is -2.49. The molecule has 0 heterocycles. The molecule has 0 N–H and O–H groups in total. The summed E-state index contributed by atoms with van der Waals surface area (Å²) >= 11 is 0. The van der Waals surface area contributed by atoms with Crippen molar-refractivity contribution >= 4 is 11.6 Å². The predicted octanol–water partition coefficient (Wildman–Crippen LogP) is 5.81. The van der Waals surface area contributed by atoms with Gasteiger partial charge in [0.25, 0.3) is 5.92 Å². The van der Waals surface area contributed by atoms with Crippen molar-refractivity contribution in [2.75, 3.05) is 19.0 Å². The highest BCUT2D eigenvalue weighted by Gasteiger charge is 2.37. The van der Waals surface area contributed by atoms with E-state index < -0.39 is 29.3 Å². The van der Waals surface area contributed by atoms with Crippen LogP contribution in [0.5, 0.6) is 0 Å². The summed E-state index contributed by atoms with van der Waals surface area (Å²) in [6, 6.07) is 9.38. The van der Waals surface area contributed by atoms with Crippen molar-refractivity contribution in [2.24, 2.45) is 5.92 Å². The van der Waals surface area contributed by atoms with Crippen molar-refractivity contribution < 1.29 is 26.7 Å². The number of rotatable bonds is 7. The number of carbonyl (C=O) groups excluding carboxylic acids is 1. The normalized spacial score (nSPS) is 12.9. The Bertz CT molecular complexity index is 1040. The number of alkyl halides is 5. The summed E-state index contributed by atoms with van der Waals surface area (Å²) in [5.74, 6) is -4.11. The van der Waals surface area contributed by atoms with Crippen LogP contribution in [-0.4, -0.2) is 30.9 Å². The maximum atomic E-state index is 14.2. The van der Waals surface area contributed by atoms with Crippen LogP contribution in [0.15, 0.2) is 42.5 Å². The van der Waals surface area contributed by atoms with Crippen LogP contribution in [0.2, 0.25) is 0 Å². The lowest BCUT2D eigenvalue weighted by Gasteiger charge is -2.37. The molecule has 0 aliphatic rings. The van der Waals surface area contributed by atoms with Gasteiger partial charge in [0.2, 0.25) is 5.91 Å². The van der Waals surface area contributed by atoms with Crippen molar-refractivity contribution in [3.8, 4) is 6.07 Å². The average Bonchev–Trinajstić information content (AvgIpc) is 2.71. The third kappa shape index (κ3) is 6.01. The molecule has 0 unspecified atom stereocenters. The van der Waals surface area contributed by atoms with E-state index in [4.69, 9.17) is 0 Å². The number of hydrogen-bond acceptors (Lipinski definition) is 3. The van der Waals surface area contributed by atoms with Crippen molar-refractivity contribution in [1.82, 2.24) is 4.90 Å². The molecule has 4 nitrogen and oxygen atoms in total. The number of hydrogen-bond donors (Lipinski definition) is 0. The highest BCUT2D eigenvalue weighted by molar-refractivity contribution is 5.85. The third-order valence-corrected chi connectivity index (χ3v) is 5.25. The second kappa shape index (κ2) is 9.77. The first-order valence-corrected chi connectivity index (χ1v) is 10.2. The SMILES string of the molecule is CC(C)[C@@H](C(=O)N(C)C)N(Cc1ccccc1C(F)(F)F)c1ccc(C#N)c(C(C)(F)F)c1. The van der Waals surface area contributed by atoms with E-state index in [-0.39, 0.29) is 35.2 Å². The molecule has 0 saturated heterocycles. The van der Waals surface area contributed by atoms with Crippen molar-refractivity contribution in [1.29, 1.82) is 5.26 Å². The van der Waals surface area contributed by atoms with Gasteiger partial charge in [-0.1, -0.05) is 32.0 Å². The summed E-state index contributed by atoms with van der Waals surface area (Å²) in [7, 11) is 3.04. The number of nitriles is 1. The fourth-order valence-corrected chi connectivity index (χ4v) is 3.68. The summed E-state index contributed by atoms with van der Waals surface area (Å²) in [6.07, 6.45) is -4.63. The molecule has 0 fully saturated rings. The number of halogens is 5. The van der Waals surface area contributed by atoms with Gasteiger partial charge in [-0.2, -0.15) is 18.4 Å². The Morgan fingerprint density at radius 2 is 1.64 bits per heavy atom. The maximum Gasteiger partial charge on any atom is 0.416 e.